The van der Waals surface area contributed by atoms with Crippen molar-refractivity contribution in [2.45, 2.75) is 45.6 Å². The zero-order chi connectivity index (χ0) is 10.8. The zero-order valence-electron chi connectivity index (χ0n) is 9.21. The van der Waals surface area contributed by atoms with Crippen LogP contribution in [0.25, 0.3) is 0 Å². The summed E-state index contributed by atoms with van der Waals surface area (Å²) in [7, 11) is 0. The number of ether oxygens (including phenoxy) is 1. The van der Waals surface area contributed by atoms with Crippen LogP contribution in [0.3, 0.4) is 0 Å². The molecule has 0 bridgehead atoms. The Morgan fingerprint density at radius 1 is 1.43 bits per heavy atom. The van der Waals surface area contributed by atoms with Crippen molar-refractivity contribution in [3.63, 3.8) is 0 Å². The van der Waals surface area contributed by atoms with E-state index in [2.05, 4.69) is 12.2 Å². The first-order valence-corrected chi connectivity index (χ1v) is 5.36. The molecule has 0 unspecified atom stereocenters. The lowest BCUT2D eigenvalue weighted by Gasteiger charge is -2.11. The molecule has 4 heteroatoms. The van der Waals surface area contributed by atoms with Crippen LogP contribution in [-0.2, 0) is 4.74 Å². The van der Waals surface area contributed by atoms with Gasteiger partial charge in [0.2, 0.25) is 0 Å². The molecule has 0 fully saturated rings. The average Bonchev–Trinajstić information content (AvgIpc) is 2.15. The van der Waals surface area contributed by atoms with E-state index in [9.17, 15) is 4.79 Å². The zero-order valence-corrected chi connectivity index (χ0v) is 9.21. The fourth-order valence-corrected chi connectivity index (χ4v) is 1.11. The maximum absolute atomic E-state index is 10.9. The number of carbonyl (C=O) groups excluding carboxylic acids is 1. The van der Waals surface area contributed by atoms with E-state index in [0.717, 1.165) is 25.7 Å². The fourth-order valence-electron chi connectivity index (χ4n) is 1.11. The Balaban J connectivity index is 3.29. The van der Waals surface area contributed by atoms with Crippen molar-refractivity contribution in [1.82, 2.24) is 5.32 Å². The van der Waals surface area contributed by atoms with E-state index in [-0.39, 0.29) is 12.1 Å². The molecule has 0 rings (SSSR count). The molecule has 0 aliphatic heterocycles. The van der Waals surface area contributed by atoms with Gasteiger partial charge in [-0.15, -0.1) is 0 Å². The smallest absolute Gasteiger partial charge is 0.407 e. The highest BCUT2D eigenvalue weighted by Crippen LogP contribution is 2.01. The largest absolute Gasteiger partial charge is 0.450 e. The van der Waals surface area contributed by atoms with Crippen molar-refractivity contribution in [1.29, 1.82) is 0 Å². The number of nitrogens with one attached hydrogen (secondary N) is 1. The van der Waals surface area contributed by atoms with Crippen LogP contribution in [0.2, 0.25) is 0 Å². The van der Waals surface area contributed by atoms with E-state index in [1.165, 1.54) is 0 Å². The Labute approximate surface area is 86.2 Å². The van der Waals surface area contributed by atoms with Crippen molar-refractivity contribution in [2.24, 2.45) is 5.73 Å². The lowest BCUT2D eigenvalue weighted by Crippen LogP contribution is -2.27. The van der Waals surface area contributed by atoms with Gasteiger partial charge in [0.25, 0.3) is 0 Å². The minimum atomic E-state index is -0.352. The molecule has 14 heavy (non-hydrogen) atoms. The molecule has 4 nitrogen and oxygen atoms in total. The van der Waals surface area contributed by atoms with Gasteiger partial charge in [-0.05, 0) is 19.8 Å². The van der Waals surface area contributed by atoms with Crippen LogP contribution < -0.4 is 11.1 Å². The molecule has 0 saturated heterocycles. The molecule has 0 aliphatic carbocycles. The number of rotatable bonds is 7. The standard InChI is InChI=1S/C10H22N2O2/c1-3-5-6-9(11)7-8-14-10(13)12-4-2/h9H,3-8,11H2,1-2H3,(H,12,13)/t9-/m0/s1. The maximum atomic E-state index is 10.9. The van der Waals surface area contributed by atoms with E-state index in [1.807, 2.05) is 6.92 Å². The second kappa shape index (κ2) is 8.81. The third kappa shape index (κ3) is 7.86. The molecule has 3 N–H and O–H groups in total. The van der Waals surface area contributed by atoms with Crippen molar-refractivity contribution in [3.05, 3.63) is 0 Å². The van der Waals surface area contributed by atoms with Crippen LogP contribution in [0.1, 0.15) is 39.5 Å². The Morgan fingerprint density at radius 3 is 2.71 bits per heavy atom. The monoisotopic (exact) mass is 202 g/mol. The first-order valence-electron chi connectivity index (χ1n) is 5.36. The van der Waals surface area contributed by atoms with Gasteiger partial charge >= 0.3 is 6.09 Å². The SMILES string of the molecule is CCCC[C@H](N)CCOC(=O)NCC. The number of unbranched alkanes of at least 4 members (excludes halogenated alkanes) is 1. The Hall–Kier alpha value is -0.770. The summed E-state index contributed by atoms with van der Waals surface area (Å²) in [6.45, 7) is 5.00. The topological polar surface area (TPSA) is 64.3 Å². The summed E-state index contributed by atoms with van der Waals surface area (Å²) in [5.41, 5.74) is 5.81. The van der Waals surface area contributed by atoms with Crippen molar-refractivity contribution in [2.75, 3.05) is 13.2 Å². The number of carbonyl (C=O) groups is 1. The molecule has 0 saturated carbocycles. The van der Waals surface area contributed by atoms with Gasteiger partial charge in [-0.2, -0.15) is 0 Å². The third-order valence-corrected chi connectivity index (χ3v) is 1.97. The van der Waals surface area contributed by atoms with Crippen LogP contribution >= 0.6 is 0 Å². The predicted octanol–water partition coefficient (Wildman–Crippen LogP) is 1.64. The second-order valence-corrected chi connectivity index (χ2v) is 3.36. The molecule has 0 aromatic rings. The molecule has 0 heterocycles. The summed E-state index contributed by atoms with van der Waals surface area (Å²) in [5, 5.41) is 2.56. The molecular formula is C10H22N2O2. The summed E-state index contributed by atoms with van der Waals surface area (Å²) in [6, 6.07) is 0.157. The molecule has 1 amide bonds. The first-order chi connectivity index (χ1) is 6.70. The Bertz CT molecular complexity index is 151. The van der Waals surface area contributed by atoms with Crippen LogP contribution in [0.5, 0.6) is 0 Å². The minimum Gasteiger partial charge on any atom is -0.450 e. The number of amides is 1. The van der Waals surface area contributed by atoms with Gasteiger partial charge < -0.3 is 15.8 Å². The summed E-state index contributed by atoms with van der Waals surface area (Å²) in [5.74, 6) is 0. The van der Waals surface area contributed by atoms with E-state index in [1.54, 1.807) is 0 Å². The maximum Gasteiger partial charge on any atom is 0.407 e. The predicted molar refractivity (Wildman–Crippen MR) is 57.1 cm³/mol. The lowest BCUT2D eigenvalue weighted by molar-refractivity contribution is 0.142. The molecular weight excluding hydrogens is 180 g/mol. The minimum absolute atomic E-state index is 0.157. The quantitative estimate of drug-likeness (QED) is 0.659. The molecule has 0 aromatic carbocycles. The van der Waals surface area contributed by atoms with Crippen molar-refractivity contribution >= 4 is 6.09 Å². The van der Waals surface area contributed by atoms with Crippen LogP contribution in [0, 0.1) is 0 Å². The average molecular weight is 202 g/mol. The van der Waals surface area contributed by atoms with E-state index in [4.69, 9.17) is 10.5 Å². The van der Waals surface area contributed by atoms with E-state index >= 15 is 0 Å². The molecule has 1 atom stereocenters. The van der Waals surface area contributed by atoms with Gasteiger partial charge in [0.05, 0.1) is 6.61 Å². The van der Waals surface area contributed by atoms with E-state index < -0.39 is 0 Å². The number of alkyl carbamates (subject to hydrolysis) is 1. The van der Waals surface area contributed by atoms with Gasteiger partial charge in [-0.3, -0.25) is 0 Å². The molecule has 0 aromatic heterocycles. The highest BCUT2D eigenvalue weighted by molar-refractivity contribution is 5.66. The van der Waals surface area contributed by atoms with Gasteiger partial charge in [0.15, 0.2) is 0 Å². The molecule has 0 spiro atoms. The number of hydrogen-bond donors (Lipinski definition) is 2. The van der Waals surface area contributed by atoms with Crippen molar-refractivity contribution in [3.8, 4) is 0 Å². The van der Waals surface area contributed by atoms with Crippen molar-refractivity contribution < 1.29 is 9.53 Å². The van der Waals surface area contributed by atoms with Gasteiger partial charge in [-0.1, -0.05) is 19.8 Å². The van der Waals surface area contributed by atoms with Gasteiger partial charge in [0.1, 0.15) is 0 Å². The summed E-state index contributed by atoms with van der Waals surface area (Å²) in [6.07, 6.45) is 3.70. The normalized spacial score (nSPS) is 12.2. The highest BCUT2D eigenvalue weighted by Gasteiger charge is 2.04. The number of hydrogen-bond acceptors (Lipinski definition) is 3. The lowest BCUT2D eigenvalue weighted by atomic mass is 10.1. The number of nitrogens with two attached hydrogens (primary N) is 1. The summed E-state index contributed by atoms with van der Waals surface area (Å²) < 4.78 is 4.90. The van der Waals surface area contributed by atoms with Gasteiger partial charge in [-0.25, -0.2) is 4.79 Å². The second-order valence-electron chi connectivity index (χ2n) is 3.36. The third-order valence-electron chi connectivity index (χ3n) is 1.97. The Morgan fingerprint density at radius 2 is 2.14 bits per heavy atom. The van der Waals surface area contributed by atoms with E-state index in [0.29, 0.717) is 13.2 Å². The Kier molecular flexibility index (Phi) is 8.33. The van der Waals surface area contributed by atoms with Crippen LogP contribution in [0.15, 0.2) is 0 Å². The highest BCUT2D eigenvalue weighted by atomic mass is 16.5. The molecule has 0 radical (unpaired) electrons. The van der Waals surface area contributed by atoms with Gasteiger partial charge in [0, 0.05) is 12.6 Å². The fraction of sp³-hybridized carbons (Fsp3) is 0.900. The molecule has 0 aliphatic rings. The molecule has 84 valence electrons. The van der Waals surface area contributed by atoms with Crippen LogP contribution in [-0.4, -0.2) is 25.3 Å². The first kappa shape index (κ1) is 13.2. The summed E-state index contributed by atoms with van der Waals surface area (Å²) in [4.78, 5) is 10.9. The van der Waals surface area contributed by atoms with Crippen LogP contribution in [0.4, 0.5) is 4.79 Å². The summed E-state index contributed by atoms with van der Waals surface area (Å²) >= 11 is 0.